The summed E-state index contributed by atoms with van der Waals surface area (Å²) in [6, 6.07) is 18.3. The van der Waals surface area contributed by atoms with Gasteiger partial charge in [-0.25, -0.2) is 0 Å². The third kappa shape index (κ3) is 2.81. The van der Waals surface area contributed by atoms with Crippen molar-refractivity contribution < 1.29 is 4.79 Å². The molecule has 3 atom stereocenters. The molecule has 0 radical (unpaired) electrons. The summed E-state index contributed by atoms with van der Waals surface area (Å²) in [4.78, 5) is 14.8. The van der Waals surface area contributed by atoms with E-state index >= 15 is 0 Å². The molecule has 1 aliphatic heterocycles. The Labute approximate surface area is 136 Å². The smallest absolute Gasteiger partial charge is 0.139 e. The van der Waals surface area contributed by atoms with Crippen molar-refractivity contribution in [3.8, 4) is 0 Å². The van der Waals surface area contributed by atoms with Gasteiger partial charge in [-0.05, 0) is 30.3 Å². The van der Waals surface area contributed by atoms with Crippen LogP contribution in [0.2, 0.25) is 5.02 Å². The monoisotopic (exact) mass is 313 g/mol. The number of ketones is 1. The van der Waals surface area contributed by atoms with Crippen LogP contribution in [0.4, 0.5) is 0 Å². The van der Waals surface area contributed by atoms with E-state index in [0.29, 0.717) is 12.2 Å². The van der Waals surface area contributed by atoms with E-state index in [-0.39, 0.29) is 18.0 Å². The maximum Gasteiger partial charge on any atom is 0.139 e. The lowest BCUT2D eigenvalue weighted by atomic mass is 9.80. The van der Waals surface area contributed by atoms with Gasteiger partial charge in [0.15, 0.2) is 0 Å². The van der Waals surface area contributed by atoms with E-state index in [1.807, 2.05) is 49.4 Å². The third-order valence-corrected chi connectivity index (χ3v) is 4.95. The van der Waals surface area contributed by atoms with Gasteiger partial charge in [-0.2, -0.15) is 0 Å². The summed E-state index contributed by atoms with van der Waals surface area (Å²) >= 11 is 5.98. The molecule has 114 valence electrons. The van der Waals surface area contributed by atoms with E-state index in [0.717, 1.165) is 10.6 Å². The zero-order valence-electron chi connectivity index (χ0n) is 12.9. The van der Waals surface area contributed by atoms with Gasteiger partial charge in [0, 0.05) is 29.4 Å². The molecular weight excluding hydrogens is 294 g/mol. The maximum absolute atomic E-state index is 12.5. The number of carbonyl (C=O) groups excluding carboxylic acids is 1. The summed E-state index contributed by atoms with van der Waals surface area (Å²) in [5.41, 5.74) is 2.34. The molecule has 1 aliphatic rings. The zero-order valence-corrected chi connectivity index (χ0v) is 13.6. The number of carbonyl (C=O) groups is 1. The molecule has 3 heteroatoms. The van der Waals surface area contributed by atoms with Crippen molar-refractivity contribution in [3.63, 3.8) is 0 Å². The molecule has 1 heterocycles. The molecule has 0 saturated carbocycles. The number of nitrogens with zero attached hydrogens (tertiary/aromatic N) is 1. The number of halogens is 1. The highest BCUT2D eigenvalue weighted by Crippen LogP contribution is 2.41. The number of hydrogen-bond acceptors (Lipinski definition) is 2. The lowest BCUT2D eigenvalue weighted by molar-refractivity contribution is -0.130. The summed E-state index contributed by atoms with van der Waals surface area (Å²) in [5, 5.41) is 0.724. The first kappa shape index (κ1) is 15.3. The predicted molar refractivity (Wildman–Crippen MR) is 89.9 cm³/mol. The molecule has 3 unspecified atom stereocenters. The third-order valence-electron chi connectivity index (χ3n) is 4.70. The highest BCUT2D eigenvalue weighted by Gasteiger charge is 2.39. The largest absolute Gasteiger partial charge is 0.299 e. The number of piperidine rings is 1. The van der Waals surface area contributed by atoms with Crippen LogP contribution in [0.15, 0.2) is 54.6 Å². The number of benzene rings is 2. The minimum Gasteiger partial charge on any atom is -0.299 e. The quantitative estimate of drug-likeness (QED) is 0.803. The molecule has 2 aromatic carbocycles. The molecule has 3 rings (SSSR count). The van der Waals surface area contributed by atoms with Gasteiger partial charge in [0.2, 0.25) is 0 Å². The second-order valence-corrected chi connectivity index (χ2v) is 6.48. The number of Topliss-reactive ketones (excluding diaryl/α,β-unsaturated/α-hetero) is 1. The van der Waals surface area contributed by atoms with Crippen LogP contribution in [0, 0.1) is 5.92 Å². The van der Waals surface area contributed by atoms with Gasteiger partial charge >= 0.3 is 0 Å². The first-order valence-corrected chi connectivity index (χ1v) is 8.01. The average molecular weight is 314 g/mol. The van der Waals surface area contributed by atoms with Gasteiger partial charge in [0.1, 0.15) is 5.78 Å². The van der Waals surface area contributed by atoms with Crippen molar-refractivity contribution in [2.24, 2.45) is 5.92 Å². The van der Waals surface area contributed by atoms with Crippen LogP contribution >= 0.6 is 11.6 Å². The van der Waals surface area contributed by atoms with Crippen molar-refractivity contribution in [2.75, 3.05) is 7.05 Å². The van der Waals surface area contributed by atoms with Crippen molar-refractivity contribution in [3.05, 3.63) is 70.7 Å². The fraction of sp³-hybridized carbons (Fsp3) is 0.316. The maximum atomic E-state index is 12.5. The van der Waals surface area contributed by atoms with Crippen molar-refractivity contribution in [1.82, 2.24) is 4.90 Å². The van der Waals surface area contributed by atoms with Gasteiger partial charge in [-0.3, -0.25) is 9.69 Å². The molecular formula is C19H20ClNO. The molecule has 0 amide bonds. The fourth-order valence-corrected chi connectivity index (χ4v) is 3.58. The van der Waals surface area contributed by atoms with Gasteiger partial charge in [-0.15, -0.1) is 0 Å². The van der Waals surface area contributed by atoms with Crippen molar-refractivity contribution in [1.29, 1.82) is 0 Å². The Morgan fingerprint density at radius 2 is 1.64 bits per heavy atom. The molecule has 0 spiro atoms. The van der Waals surface area contributed by atoms with E-state index < -0.39 is 0 Å². The molecule has 0 aromatic heterocycles. The molecule has 22 heavy (non-hydrogen) atoms. The van der Waals surface area contributed by atoms with Crippen molar-refractivity contribution in [2.45, 2.75) is 25.4 Å². The molecule has 0 aliphatic carbocycles. The number of rotatable bonds is 2. The Balaban J connectivity index is 1.96. The van der Waals surface area contributed by atoms with Crippen LogP contribution in [-0.4, -0.2) is 17.7 Å². The SMILES string of the molecule is CC1C(=O)CC(c2ccc(Cl)cc2)N(C)C1c1ccccc1. The fourth-order valence-electron chi connectivity index (χ4n) is 3.46. The molecule has 1 fully saturated rings. The van der Waals surface area contributed by atoms with Crippen LogP contribution in [-0.2, 0) is 4.79 Å². The molecule has 2 nitrogen and oxygen atoms in total. The standard InChI is InChI=1S/C19H20ClNO/c1-13-18(22)12-17(14-8-10-16(20)11-9-14)21(2)19(13)15-6-4-3-5-7-15/h3-11,13,17,19H,12H2,1-2H3. The van der Waals surface area contributed by atoms with Crippen LogP contribution in [0.3, 0.4) is 0 Å². The first-order chi connectivity index (χ1) is 10.6. The van der Waals surface area contributed by atoms with Gasteiger partial charge in [-0.1, -0.05) is 61.0 Å². The summed E-state index contributed by atoms with van der Waals surface area (Å²) < 4.78 is 0. The summed E-state index contributed by atoms with van der Waals surface area (Å²) in [6.45, 7) is 2.04. The Kier molecular flexibility index (Phi) is 4.32. The highest BCUT2D eigenvalue weighted by molar-refractivity contribution is 6.30. The lowest BCUT2D eigenvalue weighted by Gasteiger charge is -2.43. The predicted octanol–water partition coefficient (Wildman–Crippen LogP) is 4.66. The Morgan fingerprint density at radius 1 is 1.00 bits per heavy atom. The highest BCUT2D eigenvalue weighted by atomic mass is 35.5. The van der Waals surface area contributed by atoms with Crippen LogP contribution in [0.1, 0.15) is 36.6 Å². The van der Waals surface area contributed by atoms with E-state index in [1.54, 1.807) is 0 Å². The van der Waals surface area contributed by atoms with Gasteiger partial charge in [0.25, 0.3) is 0 Å². The van der Waals surface area contributed by atoms with Crippen LogP contribution < -0.4 is 0 Å². The Morgan fingerprint density at radius 3 is 2.27 bits per heavy atom. The van der Waals surface area contributed by atoms with E-state index in [9.17, 15) is 4.79 Å². The van der Waals surface area contributed by atoms with Gasteiger partial charge in [0.05, 0.1) is 0 Å². The van der Waals surface area contributed by atoms with E-state index in [4.69, 9.17) is 11.6 Å². The number of hydrogen-bond donors (Lipinski definition) is 0. The summed E-state index contributed by atoms with van der Waals surface area (Å²) in [5.74, 6) is 0.336. The molecule has 1 saturated heterocycles. The number of likely N-dealkylation sites (tertiary alicyclic amines) is 1. The normalized spacial score (nSPS) is 26.1. The Bertz CT molecular complexity index is 653. The summed E-state index contributed by atoms with van der Waals surface area (Å²) in [6.07, 6.45) is 0.558. The molecule has 0 bridgehead atoms. The van der Waals surface area contributed by atoms with E-state index in [1.165, 1.54) is 5.56 Å². The summed E-state index contributed by atoms with van der Waals surface area (Å²) in [7, 11) is 2.11. The average Bonchev–Trinajstić information content (AvgIpc) is 2.53. The second kappa shape index (κ2) is 6.23. The van der Waals surface area contributed by atoms with E-state index in [2.05, 4.69) is 24.1 Å². The van der Waals surface area contributed by atoms with Gasteiger partial charge < -0.3 is 0 Å². The minimum absolute atomic E-state index is 0.0101. The molecule has 0 N–H and O–H groups in total. The molecule has 2 aromatic rings. The van der Waals surface area contributed by atoms with Crippen LogP contribution in [0.25, 0.3) is 0 Å². The first-order valence-electron chi connectivity index (χ1n) is 7.63. The minimum atomic E-state index is 0.0101. The van der Waals surface area contributed by atoms with Crippen LogP contribution in [0.5, 0.6) is 0 Å². The topological polar surface area (TPSA) is 20.3 Å². The van der Waals surface area contributed by atoms with Crippen molar-refractivity contribution >= 4 is 17.4 Å². The second-order valence-electron chi connectivity index (χ2n) is 6.05. The zero-order chi connectivity index (χ0) is 15.7. The Hall–Kier alpha value is -1.64. The lowest BCUT2D eigenvalue weighted by Crippen LogP contribution is -2.42.